The van der Waals surface area contributed by atoms with Gasteiger partial charge in [-0.05, 0) is 31.2 Å². The monoisotopic (exact) mass is 447 g/mol. The second kappa shape index (κ2) is 9.09. The highest BCUT2D eigenvalue weighted by atomic mass is 32.1. The molecule has 0 spiro atoms. The van der Waals surface area contributed by atoms with Gasteiger partial charge in [-0.3, -0.25) is 19.7 Å². The SMILES string of the molecule is Cc1nc(NC(=O)Cc2csc(NC(=O)c3ccc(F)cc3)n2)sc1C(=O)N(C)C. The van der Waals surface area contributed by atoms with E-state index in [4.69, 9.17) is 0 Å². The zero-order valence-electron chi connectivity index (χ0n) is 16.4. The van der Waals surface area contributed by atoms with Crippen molar-refractivity contribution >= 4 is 50.7 Å². The van der Waals surface area contributed by atoms with Crippen LogP contribution >= 0.6 is 22.7 Å². The number of hydrogen-bond donors (Lipinski definition) is 2. The van der Waals surface area contributed by atoms with E-state index in [-0.39, 0.29) is 18.2 Å². The first kappa shape index (κ1) is 21.5. The minimum Gasteiger partial charge on any atom is -0.344 e. The summed E-state index contributed by atoms with van der Waals surface area (Å²) in [6.45, 7) is 1.71. The zero-order chi connectivity index (χ0) is 21.8. The van der Waals surface area contributed by atoms with Crippen LogP contribution in [0.15, 0.2) is 29.6 Å². The molecular formula is C19H18FN5O3S2. The van der Waals surface area contributed by atoms with E-state index in [1.165, 1.54) is 40.5 Å². The summed E-state index contributed by atoms with van der Waals surface area (Å²) >= 11 is 2.29. The quantitative estimate of drug-likeness (QED) is 0.604. The van der Waals surface area contributed by atoms with Crippen molar-refractivity contribution in [1.29, 1.82) is 0 Å². The molecule has 2 aromatic heterocycles. The average Bonchev–Trinajstić information content (AvgIpc) is 3.27. The van der Waals surface area contributed by atoms with Gasteiger partial charge in [0.1, 0.15) is 10.7 Å². The van der Waals surface area contributed by atoms with E-state index in [1.54, 1.807) is 26.4 Å². The highest BCUT2D eigenvalue weighted by Gasteiger charge is 2.18. The summed E-state index contributed by atoms with van der Waals surface area (Å²) in [7, 11) is 3.29. The summed E-state index contributed by atoms with van der Waals surface area (Å²) in [6, 6.07) is 5.14. The first-order valence-electron chi connectivity index (χ1n) is 8.73. The van der Waals surface area contributed by atoms with E-state index in [9.17, 15) is 18.8 Å². The van der Waals surface area contributed by atoms with Crippen molar-refractivity contribution in [2.45, 2.75) is 13.3 Å². The Kier molecular flexibility index (Phi) is 6.53. The van der Waals surface area contributed by atoms with Crippen LogP contribution in [0.5, 0.6) is 0 Å². The van der Waals surface area contributed by atoms with Gasteiger partial charge in [0, 0.05) is 25.0 Å². The lowest BCUT2D eigenvalue weighted by atomic mass is 10.2. The van der Waals surface area contributed by atoms with Crippen molar-refractivity contribution in [1.82, 2.24) is 14.9 Å². The third-order valence-electron chi connectivity index (χ3n) is 3.86. The number of carbonyl (C=O) groups excluding carboxylic acids is 3. The Morgan fingerprint density at radius 3 is 2.43 bits per heavy atom. The Balaban J connectivity index is 1.58. The van der Waals surface area contributed by atoms with Crippen LogP contribution in [0, 0.1) is 12.7 Å². The molecule has 0 unspecified atom stereocenters. The molecule has 0 saturated carbocycles. The molecule has 1 aromatic carbocycles. The summed E-state index contributed by atoms with van der Waals surface area (Å²) in [5.41, 5.74) is 1.33. The zero-order valence-corrected chi connectivity index (χ0v) is 18.0. The van der Waals surface area contributed by atoms with Crippen molar-refractivity contribution < 1.29 is 18.8 Å². The predicted molar refractivity (Wildman–Crippen MR) is 114 cm³/mol. The van der Waals surface area contributed by atoms with E-state index >= 15 is 0 Å². The van der Waals surface area contributed by atoms with Gasteiger partial charge in [0.25, 0.3) is 11.8 Å². The molecular weight excluding hydrogens is 429 g/mol. The number of carbonyl (C=O) groups is 3. The Morgan fingerprint density at radius 2 is 1.77 bits per heavy atom. The number of rotatable bonds is 6. The standard InChI is InChI=1S/C19H18FN5O3S2/c1-10-15(17(28)25(2)3)30-19(21-10)23-14(26)8-13-9-29-18(22-13)24-16(27)11-4-6-12(20)7-5-11/h4-7,9H,8H2,1-3H3,(H,21,23,26)(H,22,24,27). The Labute approximate surface area is 179 Å². The summed E-state index contributed by atoms with van der Waals surface area (Å²) in [5, 5.41) is 7.61. The van der Waals surface area contributed by atoms with Crippen LogP contribution in [-0.2, 0) is 11.2 Å². The number of benzene rings is 1. The van der Waals surface area contributed by atoms with Crippen LogP contribution in [0.1, 0.15) is 31.4 Å². The molecule has 0 aliphatic heterocycles. The van der Waals surface area contributed by atoms with Gasteiger partial charge in [0.2, 0.25) is 5.91 Å². The van der Waals surface area contributed by atoms with Crippen LogP contribution in [0.2, 0.25) is 0 Å². The average molecular weight is 448 g/mol. The number of aryl methyl sites for hydroxylation is 1. The van der Waals surface area contributed by atoms with E-state index in [0.29, 0.717) is 32.1 Å². The fourth-order valence-corrected chi connectivity index (χ4v) is 4.10. The summed E-state index contributed by atoms with van der Waals surface area (Å²) in [5.74, 6) is -1.36. The van der Waals surface area contributed by atoms with E-state index in [1.807, 2.05) is 0 Å². The molecule has 0 saturated heterocycles. The van der Waals surface area contributed by atoms with E-state index in [0.717, 1.165) is 11.3 Å². The highest BCUT2D eigenvalue weighted by Crippen LogP contribution is 2.24. The van der Waals surface area contributed by atoms with Crippen LogP contribution in [0.3, 0.4) is 0 Å². The van der Waals surface area contributed by atoms with Gasteiger partial charge in [-0.15, -0.1) is 11.3 Å². The lowest BCUT2D eigenvalue weighted by Crippen LogP contribution is -2.21. The number of halogens is 1. The number of amides is 3. The molecule has 3 rings (SSSR count). The maximum atomic E-state index is 13.0. The number of hydrogen-bond acceptors (Lipinski definition) is 7. The lowest BCUT2D eigenvalue weighted by Gasteiger charge is -2.07. The molecule has 0 aliphatic rings. The molecule has 3 amide bonds. The number of nitrogens with one attached hydrogen (secondary N) is 2. The normalized spacial score (nSPS) is 10.5. The summed E-state index contributed by atoms with van der Waals surface area (Å²) < 4.78 is 13.0. The van der Waals surface area contributed by atoms with Crippen molar-refractivity contribution in [2.24, 2.45) is 0 Å². The molecule has 0 radical (unpaired) electrons. The highest BCUT2D eigenvalue weighted by molar-refractivity contribution is 7.17. The fourth-order valence-electron chi connectivity index (χ4n) is 2.40. The third-order valence-corrected chi connectivity index (χ3v) is 5.73. The van der Waals surface area contributed by atoms with Crippen molar-refractivity contribution in [2.75, 3.05) is 24.7 Å². The van der Waals surface area contributed by atoms with Gasteiger partial charge in [0.05, 0.1) is 17.8 Å². The second-order valence-electron chi connectivity index (χ2n) is 6.46. The van der Waals surface area contributed by atoms with E-state index in [2.05, 4.69) is 20.6 Å². The molecule has 0 fully saturated rings. The molecule has 0 aliphatic carbocycles. The predicted octanol–water partition coefficient (Wildman–Crippen LogP) is 3.18. The van der Waals surface area contributed by atoms with Crippen LogP contribution in [-0.4, -0.2) is 46.7 Å². The van der Waals surface area contributed by atoms with Gasteiger partial charge in [-0.25, -0.2) is 14.4 Å². The molecule has 8 nitrogen and oxygen atoms in total. The van der Waals surface area contributed by atoms with Crippen molar-refractivity contribution in [3.05, 3.63) is 57.3 Å². The molecule has 0 atom stereocenters. The second-order valence-corrected chi connectivity index (χ2v) is 8.32. The van der Waals surface area contributed by atoms with Gasteiger partial charge < -0.3 is 10.2 Å². The first-order valence-corrected chi connectivity index (χ1v) is 10.4. The van der Waals surface area contributed by atoms with Crippen LogP contribution in [0.4, 0.5) is 14.7 Å². The summed E-state index contributed by atoms with van der Waals surface area (Å²) in [6.07, 6.45) is -0.0154. The van der Waals surface area contributed by atoms with Crippen molar-refractivity contribution in [3.8, 4) is 0 Å². The summed E-state index contributed by atoms with van der Waals surface area (Å²) in [4.78, 5) is 46.9. The maximum absolute atomic E-state index is 13.0. The molecule has 11 heteroatoms. The van der Waals surface area contributed by atoms with Crippen molar-refractivity contribution in [3.63, 3.8) is 0 Å². The molecule has 156 valence electrons. The third kappa shape index (κ3) is 5.24. The Morgan fingerprint density at radius 1 is 1.07 bits per heavy atom. The minimum atomic E-state index is -0.428. The topological polar surface area (TPSA) is 104 Å². The minimum absolute atomic E-state index is 0.0154. The van der Waals surface area contributed by atoms with Crippen LogP contribution < -0.4 is 10.6 Å². The van der Waals surface area contributed by atoms with Gasteiger partial charge in [0.15, 0.2) is 10.3 Å². The molecule has 3 aromatic rings. The smallest absolute Gasteiger partial charge is 0.265 e. The maximum Gasteiger partial charge on any atom is 0.265 e. The Bertz CT molecular complexity index is 1090. The van der Waals surface area contributed by atoms with Gasteiger partial charge in [-0.1, -0.05) is 11.3 Å². The lowest BCUT2D eigenvalue weighted by molar-refractivity contribution is -0.115. The Hall–Kier alpha value is -3.18. The van der Waals surface area contributed by atoms with E-state index < -0.39 is 11.7 Å². The molecule has 2 heterocycles. The number of aromatic nitrogens is 2. The number of thiazole rings is 2. The van der Waals surface area contributed by atoms with Gasteiger partial charge in [-0.2, -0.15) is 0 Å². The first-order chi connectivity index (χ1) is 14.2. The molecule has 30 heavy (non-hydrogen) atoms. The largest absolute Gasteiger partial charge is 0.344 e. The fraction of sp³-hybridized carbons (Fsp3) is 0.211. The van der Waals surface area contributed by atoms with Gasteiger partial charge >= 0.3 is 0 Å². The number of anilines is 2. The molecule has 2 N–H and O–H groups in total. The van der Waals surface area contributed by atoms with Crippen LogP contribution in [0.25, 0.3) is 0 Å². The number of nitrogens with zero attached hydrogens (tertiary/aromatic N) is 3. The molecule has 0 bridgehead atoms.